The second kappa shape index (κ2) is 18.1. The molecular formula is C46H36Cl2F6N2O9. The van der Waals surface area contributed by atoms with E-state index in [2.05, 4.69) is 9.97 Å². The van der Waals surface area contributed by atoms with Crippen LogP contribution in [0.4, 0.5) is 26.3 Å². The van der Waals surface area contributed by atoms with Gasteiger partial charge < -0.3 is 34.4 Å². The number of carbonyl (C=O) groups excluding carboxylic acids is 1. The largest absolute Gasteiger partial charge is 0.496 e. The van der Waals surface area contributed by atoms with E-state index in [0.717, 1.165) is 56.4 Å². The Bertz CT molecular complexity index is 2880. The molecule has 4 atom stereocenters. The van der Waals surface area contributed by atoms with Crippen molar-refractivity contribution in [1.29, 1.82) is 0 Å². The third kappa shape index (κ3) is 9.21. The molecule has 0 amide bonds. The molecule has 0 fully saturated rings. The summed E-state index contributed by atoms with van der Waals surface area (Å²) in [5.41, 5.74) is -9.75. The van der Waals surface area contributed by atoms with Gasteiger partial charge in [0.05, 0.1) is 12.7 Å². The lowest BCUT2D eigenvalue weighted by atomic mass is 9.76. The van der Waals surface area contributed by atoms with Gasteiger partial charge in [-0.2, -0.15) is 26.3 Å². The van der Waals surface area contributed by atoms with E-state index in [-0.39, 0.29) is 55.2 Å². The maximum Gasteiger partial charge on any atom is 0.433 e. The Morgan fingerprint density at radius 3 is 1.85 bits per heavy atom. The van der Waals surface area contributed by atoms with Crippen molar-refractivity contribution in [1.82, 2.24) is 9.97 Å². The summed E-state index contributed by atoms with van der Waals surface area (Å²) >= 11 is 13.1. The molecule has 0 aliphatic heterocycles. The first-order chi connectivity index (χ1) is 30.4. The van der Waals surface area contributed by atoms with Gasteiger partial charge in [0.15, 0.2) is 5.60 Å². The number of esters is 1. The number of rotatable bonds is 13. The number of ether oxygens (including phenoxy) is 3. The van der Waals surface area contributed by atoms with Crippen molar-refractivity contribution in [2.24, 2.45) is 0 Å². The highest BCUT2D eigenvalue weighted by Gasteiger charge is 2.64. The molecule has 6 rings (SSSR count). The van der Waals surface area contributed by atoms with Gasteiger partial charge in [-0.1, -0.05) is 61.3 Å². The van der Waals surface area contributed by atoms with Crippen molar-refractivity contribution in [2.75, 3.05) is 7.11 Å². The second-order valence-electron chi connectivity index (χ2n) is 14.9. The highest BCUT2D eigenvalue weighted by molar-refractivity contribution is 6.32. The van der Waals surface area contributed by atoms with Gasteiger partial charge in [-0.15, -0.1) is 0 Å². The number of carbonyl (C=O) groups is 2. The number of alkyl halides is 6. The van der Waals surface area contributed by atoms with Crippen LogP contribution in [0.1, 0.15) is 74.3 Å². The zero-order chi connectivity index (χ0) is 47.8. The molecule has 4 aromatic carbocycles. The normalized spacial score (nSPS) is 14.7. The monoisotopic (exact) mass is 944 g/mol. The molecule has 0 aliphatic carbocycles. The summed E-state index contributed by atoms with van der Waals surface area (Å²) in [4.78, 5) is 53.7. The van der Waals surface area contributed by atoms with Crippen LogP contribution in [-0.2, 0) is 15.9 Å². The topological polar surface area (TPSA) is 168 Å². The molecular weight excluding hydrogens is 909 g/mol. The summed E-state index contributed by atoms with van der Waals surface area (Å²) < 4.78 is 107. The molecule has 0 radical (unpaired) electrons. The van der Waals surface area contributed by atoms with E-state index in [9.17, 15) is 42.6 Å². The molecule has 2 heterocycles. The Hall–Kier alpha value is -6.56. The quantitative estimate of drug-likeness (QED) is 0.0651. The average Bonchev–Trinajstić information content (AvgIpc) is 3.24. The first kappa shape index (κ1) is 47.9. The number of benzene rings is 4. The van der Waals surface area contributed by atoms with Gasteiger partial charge in [0.2, 0.25) is 16.7 Å². The summed E-state index contributed by atoms with van der Waals surface area (Å²) in [6.07, 6.45) is -9.81. The summed E-state index contributed by atoms with van der Waals surface area (Å²) in [5.74, 6) is -6.11. The number of aliphatic hydroxyl groups is 1. The molecule has 19 heteroatoms. The average molecular weight is 946 g/mol. The van der Waals surface area contributed by atoms with Crippen LogP contribution in [0.15, 0.2) is 119 Å². The number of methoxy groups -OCH3 is 1. The number of H-pyrrole nitrogens is 2. The van der Waals surface area contributed by atoms with Crippen LogP contribution in [-0.4, -0.2) is 51.6 Å². The van der Waals surface area contributed by atoms with Crippen molar-refractivity contribution in [3.05, 3.63) is 179 Å². The zero-order valence-electron chi connectivity index (χ0n) is 34.3. The molecule has 4 N–H and O–H groups in total. The molecule has 0 saturated carbocycles. The lowest BCUT2D eigenvalue weighted by Gasteiger charge is -2.41. The number of aromatic amines is 2. The van der Waals surface area contributed by atoms with E-state index in [4.69, 9.17) is 37.4 Å². The van der Waals surface area contributed by atoms with Crippen LogP contribution < -0.4 is 20.6 Å². The van der Waals surface area contributed by atoms with E-state index in [1.807, 2.05) is 0 Å². The Morgan fingerprint density at radius 2 is 1.29 bits per heavy atom. The standard InChI is InChI=1S/C46H36Cl2F6N2O9/c1-23(43(62,45(49,50)51)29-9-17-39(57)55-22-29)32-15-12-31(21-37(32)48)64-30-10-5-26(6-11-30)42(61)65-44(46(52,53)54,35-16-18-40(58)56-25(35)3)24(2)33-13-7-27(19-36(33)47)28-8-14-34(41(59)60)38(20-28)63-4/h5-24,62H,1-4H3,(H,55,57)(H,56,58)(H,59,60). The minimum atomic E-state index is -5.35. The fraction of sp³-hybridized carbons (Fsp3) is 0.217. The van der Waals surface area contributed by atoms with Gasteiger partial charge in [-0.3, -0.25) is 9.59 Å². The first-order valence-electron chi connectivity index (χ1n) is 19.2. The van der Waals surface area contributed by atoms with E-state index in [1.165, 1.54) is 80.8 Å². The van der Waals surface area contributed by atoms with E-state index < -0.39 is 69.6 Å². The molecule has 2 aromatic heterocycles. The number of halogens is 8. The van der Waals surface area contributed by atoms with Crippen LogP contribution in [0.2, 0.25) is 10.0 Å². The highest BCUT2D eigenvalue weighted by atomic mass is 35.5. The molecule has 65 heavy (non-hydrogen) atoms. The van der Waals surface area contributed by atoms with Gasteiger partial charge >= 0.3 is 24.3 Å². The summed E-state index contributed by atoms with van der Waals surface area (Å²) in [6, 6.07) is 20.1. The first-order valence-corrected chi connectivity index (χ1v) is 20.0. The number of hydrogen-bond donors (Lipinski definition) is 4. The van der Waals surface area contributed by atoms with Gasteiger partial charge in [-0.05, 0) is 95.9 Å². The maximum absolute atomic E-state index is 15.9. The fourth-order valence-corrected chi connectivity index (χ4v) is 8.27. The SMILES string of the molecule is COc1cc(-c2ccc(C(C)C(OC(=O)c3ccc(Oc4ccc(C(C)C(O)(c5ccc(=O)[nH]c5)C(F)(F)F)c(Cl)c4)cc3)(c3ccc(=O)[nH]c3C)C(F)(F)F)c(Cl)c2)ccc1C(=O)O. The van der Waals surface area contributed by atoms with Crippen LogP contribution in [0.3, 0.4) is 0 Å². The van der Waals surface area contributed by atoms with Crippen LogP contribution in [0.25, 0.3) is 11.1 Å². The van der Waals surface area contributed by atoms with Gasteiger partial charge in [0.1, 0.15) is 22.8 Å². The van der Waals surface area contributed by atoms with Gasteiger partial charge in [0.25, 0.3) is 0 Å². The Balaban J connectivity index is 1.30. The predicted molar refractivity (Wildman–Crippen MR) is 227 cm³/mol. The van der Waals surface area contributed by atoms with Crippen molar-refractivity contribution < 1.29 is 60.4 Å². The molecule has 4 unspecified atom stereocenters. The van der Waals surface area contributed by atoms with Crippen molar-refractivity contribution >= 4 is 35.1 Å². The highest BCUT2D eigenvalue weighted by Crippen LogP contribution is 2.54. The van der Waals surface area contributed by atoms with Crippen molar-refractivity contribution in [2.45, 2.75) is 56.2 Å². The molecule has 6 aromatic rings. The summed E-state index contributed by atoms with van der Waals surface area (Å²) in [6.45, 7) is 3.46. The fourth-order valence-electron chi connectivity index (χ4n) is 7.59. The van der Waals surface area contributed by atoms with E-state index in [0.29, 0.717) is 11.1 Å². The summed E-state index contributed by atoms with van der Waals surface area (Å²) in [7, 11) is 1.27. The number of hydrogen-bond acceptors (Lipinski definition) is 8. The molecule has 0 saturated heterocycles. The minimum absolute atomic E-state index is 0.00126. The number of aromatic carboxylic acids is 1. The number of aryl methyl sites for hydroxylation is 1. The van der Waals surface area contributed by atoms with Crippen molar-refractivity contribution in [3.8, 4) is 28.4 Å². The third-order valence-corrected chi connectivity index (χ3v) is 11.7. The molecule has 340 valence electrons. The number of aromatic nitrogens is 2. The van der Waals surface area contributed by atoms with E-state index >= 15 is 13.2 Å². The number of nitrogens with one attached hydrogen (secondary N) is 2. The number of carboxylic acids is 1. The Morgan fingerprint density at radius 1 is 0.708 bits per heavy atom. The van der Waals surface area contributed by atoms with Crippen molar-refractivity contribution in [3.63, 3.8) is 0 Å². The third-order valence-electron chi connectivity index (χ3n) is 11.1. The predicted octanol–water partition coefficient (Wildman–Crippen LogP) is 10.8. The number of pyridine rings is 2. The number of carboxylic acid groups (broad SMARTS) is 1. The van der Waals surface area contributed by atoms with Crippen LogP contribution in [0.5, 0.6) is 17.2 Å². The summed E-state index contributed by atoms with van der Waals surface area (Å²) in [5, 5.41) is 20.1. The Kier molecular flexibility index (Phi) is 13.4. The second-order valence-corrected chi connectivity index (χ2v) is 15.7. The lowest BCUT2D eigenvalue weighted by molar-refractivity contribution is -0.274. The van der Waals surface area contributed by atoms with Crippen LogP contribution >= 0.6 is 23.2 Å². The Labute approximate surface area is 375 Å². The molecule has 0 bridgehead atoms. The molecule has 0 aliphatic rings. The van der Waals surface area contributed by atoms with Crippen LogP contribution in [0, 0.1) is 6.92 Å². The lowest BCUT2D eigenvalue weighted by Crippen LogP contribution is -2.51. The maximum atomic E-state index is 15.9. The van der Waals surface area contributed by atoms with Gasteiger partial charge in [-0.25, -0.2) is 9.59 Å². The zero-order valence-corrected chi connectivity index (χ0v) is 35.8. The molecule has 11 nitrogen and oxygen atoms in total. The molecule has 0 spiro atoms. The smallest absolute Gasteiger partial charge is 0.433 e. The van der Waals surface area contributed by atoms with Gasteiger partial charge in [0, 0.05) is 57.0 Å². The van der Waals surface area contributed by atoms with E-state index in [1.54, 1.807) is 0 Å². The minimum Gasteiger partial charge on any atom is -0.496 e.